The smallest absolute Gasteiger partial charge is 0.129 e. The van der Waals surface area contributed by atoms with Crippen LogP contribution in [0, 0.1) is 5.41 Å². The van der Waals surface area contributed by atoms with Gasteiger partial charge in [-0.15, -0.1) is 0 Å². The Bertz CT molecular complexity index is 427. The van der Waals surface area contributed by atoms with Crippen LogP contribution in [0.3, 0.4) is 0 Å². The summed E-state index contributed by atoms with van der Waals surface area (Å²) in [7, 11) is 0. The van der Waals surface area contributed by atoms with Gasteiger partial charge in [-0.25, -0.2) is 4.98 Å². The number of aromatic nitrogens is 1. The lowest BCUT2D eigenvalue weighted by Crippen LogP contribution is -2.24. The third kappa shape index (κ3) is 2.83. The molecule has 0 radical (unpaired) electrons. The zero-order valence-electron chi connectivity index (χ0n) is 11.9. The predicted octanol–water partition coefficient (Wildman–Crippen LogP) is 2.93. The molecular formula is C15H24N2O. The molecule has 0 spiro atoms. The minimum Gasteiger partial charge on any atom is -0.392 e. The molecule has 0 unspecified atom stereocenters. The van der Waals surface area contributed by atoms with E-state index >= 15 is 0 Å². The number of pyridine rings is 1. The standard InChI is InChI=1S/C15H24N2O/c1-11(2)13-7-12(9-18)8-14(16-13)17-6-5-15(3,4)10-17/h7-8,11,18H,5-6,9-10H2,1-4H3. The summed E-state index contributed by atoms with van der Waals surface area (Å²) in [5.41, 5.74) is 2.41. The molecule has 3 heteroatoms. The first-order chi connectivity index (χ1) is 8.41. The van der Waals surface area contributed by atoms with Crippen molar-refractivity contribution in [2.75, 3.05) is 18.0 Å². The third-order valence-electron chi connectivity index (χ3n) is 3.67. The molecule has 1 N–H and O–H groups in total. The Balaban J connectivity index is 2.30. The predicted molar refractivity (Wildman–Crippen MR) is 74.9 cm³/mol. The molecule has 2 rings (SSSR count). The van der Waals surface area contributed by atoms with E-state index in [0.717, 1.165) is 30.2 Å². The average molecular weight is 248 g/mol. The Morgan fingerprint density at radius 3 is 2.61 bits per heavy atom. The van der Waals surface area contributed by atoms with E-state index in [0.29, 0.717) is 11.3 Å². The number of nitrogens with zero attached hydrogens (tertiary/aromatic N) is 2. The van der Waals surface area contributed by atoms with Crippen LogP contribution in [0.2, 0.25) is 0 Å². The molecule has 1 saturated heterocycles. The van der Waals surface area contributed by atoms with Gasteiger partial charge in [0.15, 0.2) is 0 Å². The Labute approximate surface area is 110 Å². The lowest BCUT2D eigenvalue weighted by Gasteiger charge is -2.22. The quantitative estimate of drug-likeness (QED) is 0.893. The third-order valence-corrected chi connectivity index (χ3v) is 3.67. The van der Waals surface area contributed by atoms with Crippen molar-refractivity contribution in [3.8, 4) is 0 Å². The molecule has 0 aliphatic carbocycles. The highest BCUT2D eigenvalue weighted by molar-refractivity contribution is 5.44. The van der Waals surface area contributed by atoms with Gasteiger partial charge in [-0.3, -0.25) is 0 Å². The molecule has 100 valence electrons. The zero-order chi connectivity index (χ0) is 13.3. The van der Waals surface area contributed by atoms with E-state index in [1.54, 1.807) is 0 Å². The number of aliphatic hydroxyl groups is 1. The molecule has 1 aliphatic heterocycles. The number of rotatable bonds is 3. The van der Waals surface area contributed by atoms with Gasteiger partial charge in [-0.2, -0.15) is 0 Å². The summed E-state index contributed by atoms with van der Waals surface area (Å²) in [6.45, 7) is 11.1. The average Bonchev–Trinajstić information content (AvgIpc) is 2.69. The second-order valence-corrected chi connectivity index (χ2v) is 6.41. The molecule has 18 heavy (non-hydrogen) atoms. The number of hydrogen-bond acceptors (Lipinski definition) is 3. The van der Waals surface area contributed by atoms with Crippen LogP contribution in [0.25, 0.3) is 0 Å². The first kappa shape index (κ1) is 13.3. The summed E-state index contributed by atoms with van der Waals surface area (Å²) in [6.07, 6.45) is 1.20. The fraction of sp³-hybridized carbons (Fsp3) is 0.667. The van der Waals surface area contributed by atoms with Crippen LogP contribution < -0.4 is 4.90 Å². The van der Waals surface area contributed by atoms with Gasteiger partial charge in [0, 0.05) is 18.8 Å². The van der Waals surface area contributed by atoms with Crippen molar-refractivity contribution >= 4 is 5.82 Å². The van der Waals surface area contributed by atoms with Crippen LogP contribution in [0.4, 0.5) is 5.82 Å². The largest absolute Gasteiger partial charge is 0.392 e. The van der Waals surface area contributed by atoms with Crippen molar-refractivity contribution in [2.45, 2.75) is 46.6 Å². The van der Waals surface area contributed by atoms with Gasteiger partial charge in [0.25, 0.3) is 0 Å². The Kier molecular flexibility index (Phi) is 3.62. The van der Waals surface area contributed by atoms with Crippen molar-refractivity contribution in [1.82, 2.24) is 4.98 Å². The molecule has 0 aromatic carbocycles. The van der Waals surface area contributed by atoms with Gasteiger partial charge in [0.1, 0.15) is 5.82 Å². The number of aliphatic hydroxyl groups excluding tert-OH is 1. The zero-order valence-corrected chi connectivity index (χ0v) is 11.9. The first-order valence-electron chi connectivity index (χ1n) is 6.78. The van der Waals surface area contributed by atoms with E-state index in [1.807, 2.05) is 12.1 Å². The van der Waals surface area contributed by atoms with Crippen molar-refractivity contribution < 1.29 is 5.11 Å². The molecule has 2 heterocycles. The molecular weight excluding hydrogens is 224 g/mol. The summed E-state index contributed by atoms with van der Waals surface area (Å²) in [4.78, 5) is 7.08. The molecule has 3 nitrogen and oxygen atoms in total. The van der Waals surface area contributed by atoms with Crippen molar-refractivity contribution in [2.24, 2.45) is 5.41 Å². The Morgan fingerprint density at radius 1 is 1.39 bits per heavy atom. The van der Waals surface area contributed by atoms with Gasteiger partial charge < -0.3 is 10.0 Å². The topological polar surface area (TPSA) is 36.4 Å². The van der Waals surface area contributed by atoms with E-state index in [2.05, 4.69) is 32.6 Å². The van der Waals surface area contributed by atoms with Crippen LogP contribution in [0.1, 0.15) is 51.3 Å². The maximum atomic E-state index is 9.37. The minimum atomic E-state index is 0.0898. The fourth-order valence-electron chi connectivity index (χ4n) is 2.45. The van der Waals surface area contributed by atoms with E-state index in [1.165, 1.54) is 6.42 Å². The van der Waals surface area contributed by atoms with Crippen LogP contribution >= 0.6 is 0 Å². The van der Waals surface area contributed by atoms with Crippen LogP contribution in [-0.2, 0) is 6.61 Å². The molecule has 0 bridgehead atoms. The second-order valence-electron chi connectivity index (χ2n) is 6.41. The van der Waals surface area contributed by atoms with Gasteiger partial charge in [0.2, 0.25) is 0 Å². The lowest BCUT2D eigenvalue weighted by molar-refractivity contribution is 0.281. The summed E-state index contributed by atoms with van der Waals surface area (Å²) in [5.74, 6) is 1.42. The molecule has 0 amide bonds. The fourth-order valence-corrected chi connectivity index (χ4v) is 2.45. The summed E-state index contributed by atoms with van der Waals surface area (Å²) in [6, 6.07) is 4.03. The SMILES string of the molecule is CC(C)c1cc(CO)cc(N2CCC(C)(C)C2)n1. The monoisotopic (exact) mass is 248 g/mol. The van der Waals surface area contributed by atoms with Gasteiger partial charge in [0.05, 0.1) is 6.61 Å². The molecule has 1 aliphatic rings. The van der Waals surface area contributed by atoms with Crippen molar-refractivity contribution in [3.05, 3.63) is 23.4 Å². The Hall–Kier alpha value is -1.09. The van der Waals surface area contributed by atoms with Crippen LogP contribution in [0.15, 0.2) is 12.1 Å². The lowest BCUT2D eigenvalue weighted by atomic mass is 9.93. The second kappa shape index (κ2) is 4.88. The highest BCUT2D eigenvalue weighted by Crippen LogP contribution is 2.32. The van der Waals surface area contributed by atoms with Gasteiger partial charge >= 0.3 is 0 Å². The van der Waals surface area contributed by atoms with Crippen molar-refractivity contribution in [1.29, 1.82) is 0 Å². The molecule has 1 fully saturated rings. The summed E-state index contributed by atoms with van der Waals surface area (Å²) >= 11 is 0. The van der Waals surface area contributed by atoms with Crippen molar-refractivity contribution in [3.63, 3.8) is 0 Å². The van der Waals surface area contributed by atoms with Gasteiger partial charge in [-0.05, 0) is 35.4 Å². The number of hydrogen-bond donors (Lipinski definition) is 1. The van der Waals surface area contributed by atoms with E-state index in [9.17, 15) is 5.11 Å². The maximum absolute atomic E-state index is 9.37. The molecule has 1 aromatic heterocycles. The van der Waals surface area contributed by atoms with E-state index in [-0.39, 0.29) is 6.61 Å². The van der Waals surface area contributed by atoms with E-state index in [4.69, 9.17) is 4.98 Å². The maximum Gasteiger partial charge on any atom is 0.129 e. The number of anilines is 1. The van der Waals surface area contributed by atoms with Gasteiger partial charge in [-0.1, -0.05) is 27.7 Å². The highest BCUT2D eigenvalue weighted by atomic mass is 16.3. The van der Waals surface area contributed by atoms with E-state index < -0.39 is 0 Å². The Morgan fingerprint density at radius 2 is 2.11 bits per heavy atom. The molecule has 0 saturated carbocycles. The van der Waals surface area contributed by atoms with Crippen LogP contribution in [0.5, 0.6) is 0 Å². The first-order valence-corrected chi connectivity index (χ1v) is 6.78. The minimum absolute atomic E-state index is 0.0898. The normalized spacial score (nSPS) is 18.7. The molecule has 1 aromatic rings. The summed E-state index contributed by atoms with van der Waals surface area (Å²) < 4.78 is 0. The highest BCUT2D eigenvalue weighted by Gasteiger charge is 2.30. The molecule has 0 atom stereocenters. The van der Waals surface area contributed by atoms with Crippen LogP contribution in [-0.4, -0.2) is 23.2 Å². The summed E-state index contributed by atoms with van der Waals surface area (Å²) in [5, 5.41) is 9.37.